The van der Waals surface area contributed by atoms with E-state index >= 15 is 0 Å². The quantitative estimate of drug-likeness (QED) is 0.331. The van der Waals surface area contributed by atoms with Crippen LogP contribution in [-0.4, -0.2) is 53.7 Å². The number of nitrogens with one attached hydrogen (secondary N) is 1. The van der Waals surface area contributed by atoms with Crippen molar-refractivity contribution in [1.29, 1.82) is 0 Å². The number of nitrogens with zero attached hydrogens (tertiary/aromatic N) is 2. The second-order valence-corrected chi connectivity index (χ2v) is 7.59. The maximum absolute atomic E-state index is 12.7. The third kappa shape index (κ3) is 5.12. The van der Waals surface area contributed by atoms with E-state index in [9.17, 15) is 9.59 Å². The maximum atomic E-state index is 12.7. The topological polar surface area (TPSA) is 101 Å². The molecule has 1 aliphatic rings. The fourth-order valence-electron chi connectivity index (χ4n) is 3.95. The van der Waals surface area contributed by atoms with Crippen molar-refractivity contribution in [1.82, 2.24) is 15.1 Å². The normalized spacial score (nSPS) is 14.3. The second kappa shape index (κ2) is 10.5. The molecule has 1 saturated heterocycles. The van der Waals surface area contributed by atoms with Gasteiger partial charge in [0.15, 0.2) is 5.78 Å². The number of nitrogen functional groups attached to an aromatic ring is 1. The number of Topliss-reactive ketones (excluding diaryl/α,β-unsaturated/α-hetero) is 1. The number of fused-ring (bicyclic) bond motifs is 1. The number of rotatable bonds is 7. The molecular weight excluding hydrogens is 416 g/mol. The summed E-state index contributed by atoms with van der Waals surface area (Å²) in [6.07, 6.45) is 3.76. The summed E-state index contributed by atoms with van der Waals surface area (Å²) in [6.45, 7) is 3.56. The van der Waals surface area contributed by atoms with Crippen LogP contribution in [0.2, 0.25) is 0 Å². The van der Waals surface area contributed by atoms with E-state index in [1.54, 1.807) is 30.3 Å². The number of anilines is 1. The summed E-state index contributed by atoms with van der Waals surface area (Å²) in [7, 11) is 0. The predicted octanol–water partition coefficient (Wildman–Crippen LogP) is 3.28. The number of ether oxygens (including phenoxy) is 1. The van der Waals surface area contributed by atoms with Crippen LogP contribution in [0.1, 0.15) is 29.6 Å². The number of likely N-dealkylation sites (tertiary alicyclic amines) is 1. The molecule has 4 rings (SSSR count). The summed E-state index contributed by atoms with van der Waals surface area (Å²) < 4.78 is 5.63. The van der Waals surface area contributed by atoms with Gasteiger partial charge in [-0.15, -0.1) is 12.4 Å². The van der Waals surface area contributed by atoms with E-state index in [4.69, 9.17) is 10.5 Å². The smallest absolute Gasteiger partial charge is 0.272 e. The number of ketones is 1. The van der Waals surface area contributed by atoms with Crippen molar-refractivity contribution in [2.75, 3.05) is 38.6 Å². The van der Waals surface area contributed by atoms with Crippen molar-refractivity contribution in [3.8, 4) is 11.3 Å². The number of nitrogens with two attached hydrogens (primary N) is 1. The lowest BCUT2D eigenvalue weighted by Gasteiger charge is -2.26. The van der Waals surface area contributed by atoms with Gasteiger partial charge in [0.1, 0.15) is 12.3 Å². The molecule has 0 bridgehead atoms. The molecule has 0 saturated carbocycles. The average molecular weight is 443 g/mol. The van der Waals surface area contributed by atoms with Crippen molar-refractivity contribution >= 4 is 34.7 Å². The first-order valence-corrected chi connectivity index (χ1v) is 10.3. The third-order valence-electron chi connectivity index (χ3n) is 5.59. The Morgan fingerprint density at radius 3 is 2.58 bits per heavy atom. The van der Waals surface area contributed by atoms with E-state index < -0.39 is 0 Å². The molecule has 3 N–H and O–H groups in total. The van der Waals surface area contributed by atoms with Crippen LogP contribution < -0.4 is 11.3 Å². The first kappa shape index (κ1) is 22.9. The number of piperidine rings is 1. The Morgan fingerprint density at radius 2 is 1.81 bits per heavy atom. The van der Waals surface area contributed by atoms with E-state index in [1.807, 2.05) is 12.1 Å². The SMILES string of the molecule is Cl.Nc1c(C(=O)COCCN2CCCCC2)cccc1-c1n[nH]c(=O)c2ccccc12. The molecule has 3 aromatic rings. The van der Waals surface area contributed by atoms with Crippen LogP contribution in [-0.2, 0) is 4.74 Å². The van der Waals surface area contributed by atoms with Crippen LogP contribution in [0, 0.1) is 0 Å². The van der Waals surface area contributed by atoms with Gasteiger partial charge in [0.05, 0.1) is 17.7 Å². The number of hydrogen-bond acceptors (Lipinski definition) is 6. The summed E-state index contributed by atoms with van der Waals surface area (Å²) in [5.41, 5.74) is 7.99. The van der Waals surface area contributed by atoms with Crippen molar-refractivity contribution in [2.24, 2.45) is 0 Å². The fourth-order valence-corrected chi connectivity index (χ4v) is 3.95. The molecule has 1 aliphatic heterocycles. The van der Waals surface area contributed by atoms with Gasteiger partial charge < -0.3 is 15.4 Å². The molecule has 0 unspecified atom stereocenters. The summed E-state index contributed by atoms with van der Waals surface area (Å²) in [6, 6.07) is 12.5. The molecule has 1 fully saturated rings. The largest absolute Gasteiger partial charge is 0.398 e. The zero-order chi connectivity index (χ0) is 20.9. The summed E-state index contributed by atoms with van der Waals surface area (Å²) >= 11 is 0. The number of carbonyl (C=O) groups excluding carboxylic acids is 1. The Bertz CT molecular complexity index is 1110. The molecule has 0 atom stereocenters. The number of carbonyl (C=O) groups is 1. The van der Waals surface area contributed by atoms with Gasteiger partial charge in [-0.3, -0.25) is 9.59 Å². The highest BCUT2D eigenvalue weighted by atomic mass is 35.5. The number of benzene rings is 2. The van der Waals surface area contributed by atoms with Gasteiger partial charge in [0, 0.05) is 23.1 Å². The Balaban J connectivity index is 0.00000272. The standard InChI is InChI=1S/C23H26N4O3.ClH/c24-21-18(20(28)15-30-14-13-27-11-4-1-5-12-27)9-6-10-19(21)22-16-7-2-3-8-17(16)23(29)26-25-22;/h2-3,6-10H,1,4-5,11-15,24H2,(H,26,29);1H. The first-order valence-electron chi connectivity index (χ1n) is 10.3. The number of hydrogen-bond donors (Lipinski definition) is 2. The molecule has 0 radical (unpaired) electrons. The first-order chi connectivity index (χ1) is 14.6. The molecule has 7 nitrogen and oxygen atoms in total. The van der Waals surface area contributed by atoms with Crippen molar-refractivity contribution < 1.29 is 9.53 Å². The molecule has 31 heavy (non-hydrogen) atoms. The van der Waals surface area contributed by atoms with E-state index in [2.05, 4.69) is 15.1 Å². The zero-order valence-electron chi connectivity index (χ0n) is 17.3. The van der Waals surface area contributed by atoms with Gasteiger partial charge in [-0.1, -0.05) is 36.8 Å². The van der Waals surface area contributed by atoms with E-state index in [1.165, 1.54) is 19.3 Å². The van der Waals surface area contributed by atoms with Crippen LogP contribution in [0.15, 0.2) is 47.3 Å². The van der Waals surface area contributed by atoms with E-state index in [-0.39, 0.29) is 30.4 Å². The molecule has 2 aromatic carbocycles. The molecular formula is C23H27ClN4O3. The van der Waals surface area contributed by atoms with E-state index in [0.717, 1.165) is 19.6 Å². The highest BCUT2D eigenvalue weighted by molar-refractivity contribution is 6.06. The van der Waals surface area contributed by atoms with Crippen molar-refractivity contribution in [3.05, 3.63) is 58.4 Å². The van der Waals surface area contributed by atoms with Crippen LogP contribution in [0.25, 0.3) is 22.0 Å². The van der Waals surface area contributed by atoms with Crippen molar-refractivity contribution in [3.63, 3.8) is 0 Å². The highest BCUT2D eigenvalue weighted by Gasteiger charge is 2.17. The summed E-state index contributed by atoms with van der Waals surface area (Å²) in [4.78, 5) is 27.2. The predicted molar refractivity (Wildman–Crippen MR) is 125 cm³/mol. The number of aromatic nitrogens is 2. The molecule has 1 aromatic heterocycles. The molecule has 0 aliphatic carbocycles. The van der Waals surface area contributed by atoms with Gasteiger partial charge in [-0.2, -0.15) is 5.10 Å². The van der Waals surface area contributed by atoms with Crippen LogP contribution in [0.5, 0.6) is 0 Å². The molecule has 164 valence electrons. The lowest BCUT2D eigenvalue weighted by atomic mass is 9.99. The third-order valence-corrected chi connectivity index (χ3v) is 5.59. The monoisotopic (exact) mass is 442 g/mol. The number of halogens is 1. The van der Waals surface area contributed by atoms with Gasteiger partial charge in [-0.05, 0) is 38.1 Å². The minimum Gasteiger partial charge on any atom is -0.398 e. The second-order valence-electron chi connectivity index (χ2n) is 7.59. The molecule has 0 amide bonds. The minimum absolute atomic E-state index is 0. The minimum atomic E-state index is -0.262. The molecule has 2 heterocycles. The zero-order valence-corrected chi connectivity index (χ0v) is 18.1. The number of aromatic amines is 1. The van der Waals surface area contributed by atoms with Gasteiger partial charge >= 0.3 is 0 Å². The van der Waals surface area contributed by atoms with Gasteiger partial charge in [0.25, 0.3) is 5.56 Å². The lowest BCUT2D eigenvalue weighted by molar-refractivity contribution is 0.0684. The maximum Gasteiger partial charge on any atom is 0.272 e. The summed E-state index contributed by atoms with van der Waals surface area (Å²) in [5, 5.41) is 7.93. The molecule has 0 spiro atoms. The van der Waals surface area contributed by atoms with Gasteiger partial charge in [0.2, 0.25) is 0 Å². The Hall–Kier alpha value is -2.74. The Labute approximate surface area is 187 Å². The van der Waals surface area contributed by atoms with E-state index in [0.29, 0.717) is 39.9 Å². The highest BCUT2D eigenvalue weighted by Crippen LogP contribution is 2.31. The fraction of sp³-hybridized carbons (Fsp3) is 0.348. The molecule has 8 heteroatoms. The van der Waals surface area contributed by atoms with Crippen LogP contribution >= 0.6 is 12.4 Å². The number of para-hydroxylation sites is 1. The average Bonchev–Trinajstić information content (AvgIpc) is 2.78. The Kier molecular flexibility index (Phi) is 7.79. The van der Waals surface area contributed by atoms with Crippen molar-refractivity contribution in [2.45, 2.75) is 19.3 Å². The lowest BCUT2D eigenvalue weighted by Crippen LogP contribution is -2.33. The summed E-state index contributed by atoms with van der Waals surface area (Å²) in [5.74, 6) is -0.165. The number of H-pyrrole nitrogens is 1. The Morgan fingerprint density at radius 1 is 1.06 bits per heavy atom. The van der Waals surface area contributed by atoms with Gasteiger partial charge in [-0.25, -0.2) is 5.10 Å². The van der Waals surface area contributed by atoms with Crippen LogP contribution in [0.4, 0.5) is 5.69 Å². The van der Waals surface area contributed by atoms with Crippen LogP contribution in [0.3, 0.4) is 0 Å².